The average Bonchev–Trinajstić information content (AvgIpc) is 3.03. The molecule has 1 atom stereocenters. The van der Waals surface area contributed by atoms with Crippen LogP contribution in [0.2, 0.25) is 0 Å². The molecule has 0 aromatic rings. The van der Waals surface area contributed by atoms with Crippen molar-refractivity contribution >= 4 is 0 Å². The third-order valence-electron chi connectivity index (χ3n) is 5.76. The van der Waals surface area contributed by atoms with Gasteiger partial charge in [0, 0.05) is 24.7 Å². The molecule has 0 bridgehead atoms. The Morgan fingerprint density at radius 2 is 1.83 bits per heavy atom. The van der Waals surface area contributed by atoms with Crippen LogP contribution in [0.1, 0.15) is 64.7 Å². The Morgan fingerprint density at radius 3 is 2.56 bits per heavy atom. The van der Waals surface area contributed by atoms with E-state index >= 15 is 0 Å². The van der Waals surface area contributed by atoms with Crippen LogP contribution in [-0.4, -0.2) is 36.1 Å². The first kappa shape index (κ1) is 12.9. The van der Waals surface area contributed by atoms with E-state index < -0.39 is 0 Å². The van der Waals surface area contributed by atoms with E-state index in [1.165, 1.54) is 77.4 Å². The molecule has 0 amide bonds. The van der Waals surface area contributed by atoms with Crippen LogP contribution in [0.5, 0.6) is 0 Å². The summed E-state index contributed by atoms with van der Waals surface area (Å²) in [7, 11) is 0. The zero-order valence-electron chi connectivity index (χ0n) is 12.1. The van der Waals surface area contributed by atoms with E-state index in [4.69, 9.17) is 0 Å². The standard InChI is InChI=1S/C16H30N2/c1-14-12-18(11-8-15-6-2-3-7-15)16(13-17-14)9-4-5-10-16/h14-15,17H,2-13H2,1H3. The summed E-state index contributed by atoms with van der Waals surface area (Å²) in [6.45, 7) is 6.26. The van der Waals surface area contributed by atoms with Crippen molar-refractivity contribution in [1.29, 1.82) is 0 Å². The maximum Gasteiger partial charge on any atom is 0.0334 e. The van der Waals surface area contributed by atoms with E-state index in [0.717, 1.165) is 5.92 Å². The highest BCUT2D eigenvalue weighted by atomic mass is 15.3. The van der Waals surface area contributed by atoms with Crippen LogP contribution in [0, 0.1) is 5.92 Å². The lowest BCUT2D eigenvalue weighted by atomic mass is 9.90. The zero-order chi connectivity index (χ0) is 12.4. The van der Waals surface area contributed by atoms with Crippen molar-refractivity contribution < 1.29 is 0 Å². The maximum atomic E-state index is 3.73. The van der Waals surface area contributed by atoms with Crippen LogP contribution in [0.3, 0.4) is 0 Å². The largest absolute Gasteiger partial charge is 0.311 e. The summed E-state index contributed by atoms with van der Waals surface area (Å²) in [5, 5.41) is 3.73. The highest BCUT2D eigenvalue weighted by molar-refractivity contribution is 5.01. The van der Waals surface area contributed by atoms with Gasteiger partial charge in [0.1, 0.15) is 0 Å². The van der Waals surface area contributed by atoms with Crippen molar-refractivity contribution in [2.24, 2.45) is 5.92 Å². The molecule has 0 aromatic heterocycles. The highest BCUT2D eigenvalue weighted by Gasteiger charge is 2.42. The molecule has 2 nitrogen and oxygen atoms in total. The van der Waals surface area contributed by atoms with Crippen LogP contribution < -0.4 is 5.32 Å². The van der Waals surface area contributed by atoms with Gasteiger partial charge in [-0.2, -0.15) is 0 Å². The molecule has 2 heteroatoms. The molecule has 1 saturated heterocycles. The van der Waals surface area contributed by atoms with Crippen LogP contribution in [0.15, 0.2) is 0 Å². The fraction of sp³-hybridized carbons (Fsp3) is 1.00. The molecule has 2 aliphatic carbocycles. The summed E-state index contributed by atoms with van der Waals surface area (Å²) in [6.07, 6.45) is 13.3. The molecule has 3 fully saturated rings. The Labute approximate surface area is 113 Å². The lowest BCUT2D eigenvalue weighted by Gasteiger charge is -2.48. The van der Waals surface area contributed by atoms with E-state index in [1.54, 1.807) is 0 Å². The summed E-state index contributed by atoms with van der Waals surface area (Å²) < 4.78 is 0. The summed E-state index contributed by atoms with van der Waals surface area (Å²) >= 11 is 0. The van der Waals surface area contributed by atoms with Crippen molar-refractivity contribution in [3.05, 3.63) is 0 Å². The van der Waals surface area contributed by atoms with Crippen molar-refractivity contribution in [2.45, 2.75) is 76.3 Å². The van der Waals surface area contributed by atoms with Crippen molar-refractivity contribution in [3.8, 4) is 0 Å². The Morgan fingerprint density at radius 1 is 1.11 bits per heavy atom. The maximum absolute atomic E-state index is 3.73. The quantitative estimate of drug-likeness (QED) is 0.827. The lowest BCUT2D eigenvalue weighted by Crippen LogP contribution is -2.63. The SMILES string of the molecule is CC1CN(CCC2CCCC2)C2(CCCC2)CN1. The molecular formula is C16H30N2. The number of nitrogens with one attached hydrogen (secondary N) is 1. The normalized spacial score (nSPS) is 33.5. The minimum Gasteiger partial charge on any atom is -0.311 e. The van der Waals surface area contributed by atoms with Gasteiger partial charge in [0.2, 0.25) is 0 Å². The van der Waals surface area contributed by atoms with Gasteiger partial charge < -0.3 is 5.32 Å². The second kappa shape index (κ2) is 5.50. The number of rotatable bonds is 3. The smallest absolute Gasteiger partial charge is 0.0334 e. The number of hydrogen-bond donors (Lipinski definition) is 1. The molecule has 3 aliphatic rings. The Hall–Kier alpha value is -0.0800. The van der Waals surface area contributed by atoms with Crippen LogP contribution >= 0.6 is 0 Å². The summed E-state index contributed by atoms with van der Waals surface area (Å²) in [5.41, 5.74) is 0.547. The number of hydrogen-bond acceptors (Lipinski definition) is 2. The van der Waals surface area contributed by atoms with Gasteiger partial charge in [-0.15, -0.1) is 0 Å². The van der Waals surface area contributed by atoms with E-state index in [1.807, 2.05) is 0 Å². The predicted octanol–water partition coefficient (Wildman–Crippen LogP) is 3.17. The van der Waals surface area contributed by atoms with Crippen molar-refractivity contribution in [3.63, 3.8) is 0 Å². The number of nitrogens with zero attached hydrogens (tertiary/aromatic N) is 1. The van der Waals surface area contributed by atoms with Gasteiger partial charge in [-0.25, -0.2) is 0 Å². The third kappa shape index (κ3) is 2.60. The molecule has 0 radical (unpaired) electrons. The summed E-state index contributed by atoms with van der Waals surface area (Å²) in [5.74, 6) is 1.05. The second-order valence-corrected chi connectivity index (χ2v) is 7.10. The van der Waals surface area contributed by atoms with Gasteiger partial charge in [0.05, 0.1) is 0 Å². The van der Waals surface area contributed by atoms with Gasteiger partial charge in [0.15, 0.2) is 0 Å². The predicted molar refractivity (Wildman–Crippen MR) is 76.8 cm³/mol. The molecule has 1 spiro atoms. The molecule has 1 unspecified atom stereocenters. The molecule has 1 N–H and O–H groups in total. The van der Waals surface area contributed by atoms with E-state index in [-0.39, 0.29) is 0 Å². The van der Waals surface area contributed by atoms with Crippen LogP contribution in [-0.2, 0) is 0 Å². The topological polar surface area (TPSA) is 15.3 Å². The molecule has 2 saturated carbocycles. The molecule has 18 heavy (non-hydrogen) atoms. The molecule has 104 valence electrons. The molecule has 0 aromatic carbocycles. The van der Waals surface area contributed by atoms with E-state index in [0.29, 0.717) is 11.6 Å². The number of piperazine rings is 1. The second-order valence-electron chi connectivity index (χ2n) is 7.10. The zero-order valence-corrected chi connectivity index (χ0v) is 12.1. The molecule has 3 rings (SSSR count). The third-order valence-corrected chi connectivity index (χ3v) is 5.76. The first-order chi connectivity index (χ1) is 8.78. The fourth-order valence-corrected chi connectivity index (χ4v) is 4.56. The van der Waals surface area contributed by atoms with E-state index in [9.17, 15) is 0 Å². The Kier molecular flexibility index (Phi) is 3.95. The summed E-state index contributed by atoms with van der Waals surface area (Å²) in [6, 6.07) is 0.694. The van der Waals surface area contributed by atoms with Crippen molar-refractivity contribution in [2.75, 3.05) is 19.6 Å². The van der Waals surface area contributed by atoms with Gasteiger partial charge >= 0.3 is 0 Å². The minimum absolute atomic E-state index is 0.547. The van der Waals surface area contributed by atoms with Gasteiger partial charge in [-0.05, 0) is 38.6 Å². The summed E-state index contributed by atoms with van der Waals surface area (Å²) in [4.78, 5) is 2.87. The monoisotopic (exact) mass is 250 g/mol. The Balaban J connectivity index is 1.58. The first-order valence-electron chi connectivity index (χ1n) is 8.27. The van der Waals surface area contributed by atoms with Crippen LogP contribution in [0.25, 0.3) is 0 Å². The van der Waals surface area contributed by atoms with Gasteiger partial charge in [-0.3, -0.25) is 4.90 Å². The molecule has 1 heterocycles. The van der Waals surface area contributed by atoms with Gasteiger partial charge in [0.25, 0.3) is 0 Å². The van der Waals surface area contributed by atoms with Crippen LogP contribution in [0.4, 0.5) is 0 Å². The molecule has 1 aliphatic heterocycles. The highest BCUT2D eigenvalue weighted by Crippen LogP contribution is 2.38. The lowest BCUT2D eigenvalue weighted by molar-refractivity contribution is 0.0417. The van der Waals surface area contributed by atoms with E-state index in [2.05, 4.69) is 17.1 Å². The fourth-order valence-electron chi connectivity index (χ4n) is 4.56. The molecular weight excluding hydrogens is 220 g/mol. The van der Waals surface area contributed by atoms with Crippen molar-refractivity contribution in [1.82, 2.24) is 10.2 Å². The Bertz CT molecular complexity index is 264. The first-order valence-corrected chi connectivity index (χ1v) is 8.27. The average molecular weight is 250 g/mol. The minimum atomic E-state index is 0.547. The van der Waals surface area contributed by atoms with Gasteiger partial charge in [-0.1, -0.05) is 38.5 Å².